The number of amides is 1. The van der Waals surface area contributed by atoms with Gasteiger partial charge in [0.1, 0.15) is 5.75 Å². The molecule has 1 aromatic heterocycles. The summed E-state index contributed by atoms with van der Waals surface area (Å²) in [6, 6.07) is 10.2. The molecule has 0 radical (unpaired) electrons. The molecule has 158 valence electrons. The van der Waals surface area contributed by atoms with Gasteiger partial charge in [0.2, 0.25) is 5.91 Å². The van der Waals surface area contributed by atoms with Crippen LogP contribution in [0.2, 0.25) is 0 Å². The van der Waals surface area contributed by atoms with Crippen molar-refractivity contribution in [2.24, 2.45) is 5.92 Å². The minimum absolute atomic E-state index is 0.0372. The molecule has 30 heavy (non-hydrogen) atoms. The topological polar surface area (TPSA) is 54.5 Å². The van der Waals surface area contributed by atoms with Crippen molar-refractivity contribution in [3.8, 4) is 5.75 Å². The quantitative estimate of drug-likeness (QED) is 0.484. The molecule has 2 aromatic carbocycles. The van der Waals surface area contributed by atoms with E-state index in [2.05, 4.69) is 46.1 Å². The van der Waals surface area contributed by atoms with Crippen LogP contribution in [0, 0.1) is 19.8 Å². The second kappa shape index (κ2) is 8.94. The van der Waals surface area contributed by atoms with E-state index >= 15 is 0 Å². The van der Waals surface area contributed by atoms with E-state index in [0.29, 0.717) is 6.61 Å². The molecule has 1 aliphatic rings. The standard InChI is InChI=1S/C23H26BrN3O2S/c1-4-29-20-13-21-19(12-18(20)24)26-23(30-21)27-7-5-16(6-8-27)22(28)25-17-10-14(2)9-15(3)11-17/h9-13,16H,4-8H2,1-3H3,(H,25,28). The number of ether oxygens (including phenoxy) is 1. The van der Waals surface area contributed by atoms with Gasteiger partial charge in [0.15, 0.2) is 5.13 Å². The van der Waals surface area contributed by atoms with E-state index < -0.39 is 0 Å². The molecule has 1 amide bonds. The third-order valence-electron chi connectivity index (χ3n) is 5.36. The number of rotatable bonds is 5. The predicted octanol–water partition coefficient (Wildman–Crippen LogP) is 5.93. The molecule has 3 aromatic rings. The van der Waals surface area contributed by atoms with Gasteiger partial charge >= 0.3 is 0 Å². The lowest BCUT2D eigenvalue weighted by Crippen LogP contribution is -2.38. The van der Waals surface area contributed by atoms with Crippen LogP contribution in [0.3, 0.4) is 0 Å². The van der Waals surface area contributed by atoms with E-state index in [0.717, 1.165) is 68.3 Å². The van der Waals surface area contributed by atoms with E-state index in [4.69, 9.17) is 9.72 Å². The molecule has 0 spiro atoms. The smallest absolute Gasteiger partial charge is 0.227 e. The van der Waals surface area contributed by atoms with Gasteiger partial charge in [-0.1, -0.05) is 17.4 Å². The van der Waals surface area contributed by atoms with Gasteiger partial charge in [0, 0.05) is 30.8 Å². The number of carbonyl (C=O) groups is 1. The van der Waals surface area contributed by atoms with Crippen LogP contribution < -0.4 is 15.0 Å². The van der Waals surface area contributed by atoms with Gasteiger partial charge < -0.3 is 15.0 Å². The van der Waals surface area contributed by atoms with Gasteiger partial charge in [-0.15, -0.1) is 0 Å². The molecule has 0 atom stereocenters. The maximum Gasteiger partial charge on any atom is 0.227 e. The van der Waals surface area contributed by atoms with Crippen LogP contribution in [-0.2, 0) is 4.79 Å². The van der Waals surface area contributed by atoms with Crippen LogP contribution in [-0.4, -0.2) is 30.6 Å². The van der Waals surface area contributed by atoms with Crippen molar-refractivity contribution in [3.63, 3.8) is 0 Å². The summed E-state index contributed by atoms with van der Waals surface area (Å²) >= 11 is 5.25. The van der Waals surface area contributed by atoms with Gasteiger partial charge in [0.25, 0.3) is 0 Å². The van der Waals surface area contributed by atoms with Crippen LogP contribution >= 0.6 is 27.3 Å². The predicted molar refractivity (Wildman–Crippen MR) is 128 cm³/mol. The highest BCUT2D eigenvalue weighted by atomic mass is 79.9. The second-order valence-corrected chi connectivity index (χ2v) is 9.67. The molecule has 7 heteroatoms. The first kappa shape index (κ1) is 21.1. The number of hydrogen-bond donors (Lipinski definition) is 1. The zero-order valence-corrected chi connectivity index (χ0v) is 19.9. The first-order valence-electron chi connectivity index (χ1n) is 10.3. The maximum atomic E-state index is 12.7. The van der Waals surface area contributed by atoms with Crippen molar-refractivity contribution in [2.75, 3.05) is 29.9 Å². The summed E-state index contributed by atoms with van der Waals surface area (Å²) in [5, 5.41) is 4.12. The van der Waals surface area contributed by atoms with E-state index in [9.17, 15) is 4.79 Å². The number of benzene rings is 2. The fraction of sp³-hybridized carbons (Fsp3) is 0.391. The highest BCUT2D eigenvalue weighted by Crippen LogP contribution is 2.37. The minimum Gasteiger partial charge on any atom is -0.493 e. The Balaban J connectivity index is 1.41. The maximum absolute atomic E-state index is 12.7. The number of aromatic nitrogens is 1. The lowest BCUT2D eigenvalue weighted by atomic mass is 9.96. The Morgan fingerprint density at radius 1 is 1.20 bits per heavy atom. The fourth-order valence-electron chi connectivity index (χ4n) is 3.94. The lowest BCUT2D eigenvalue weighted by molar-refractivity contribution is -0.120. The Labute approximate surface area is 189 Å². The normalized spacial score (nSPS) is 14.9. The second-order valence-electron chi connectivity index (χ2n) is 7.81. The molecular weight excluding hydrogens is 462 g/mol. The van der Waals surface area contributed by atoms with Crippen molar-refractivity contribution < 1.29 is 9.53 Å². The number of nitrogens with zero attached hydrogens (tertiary/aromatic N) is 2. The molecule has 0 bridgehead atoms. The summed E-state index contributed by atoms with van der Waals surface area (Å²) in [6.45, 7) is 8.39. The summed E-state index contributed by atoms with van der Waals surface area (Å²) in [7, 11) is 0. The number of thiazole rings is 1. The largest absolute Gasteiger partial charge is 0.493 e. The molecule has 5 nitrogen and oxygen atoms in total. The van der Waals surface area contributed by atoms with Crippen molar-refractivity contribution in [1.29, 1.82) is 0 Å². The number of anilines is 2. The van der Waals surface area contributed by atoms with Crippen molar-refractivity contribution in [2.45, 2.75) is 33.6 Å². The van der Waals surface area contributed by atoms with Gasteiger partial charge in [-0.25, -0.2) is 4.98 Å². The minimum atomic E-state index is 0.0372. The van der Waals surface area contributed by atoms with Crippen LogP contribution in [0.1, 0.15) is 30.9 Å². The number of hydrogen-bond acceptors (Lipinski definition) is 5. The highest BCUT2D eigenvalue weighted by Gasteiger charge is 2.26. The van der Waals surface area contributed by atoms with Gasteiger partial charge in [-0.2, -0.15) is 0 Å². The summed E-state index contributed by atoms with van der Waals surface area (Å²) in [4.78, 5) is 19.9. The fourth-order valence-corrected chi connectivity index (χ4v) is 5.42. The third-order valence-corrected chi connectivity index (χ3v) is 7.05. The number of halogens is 1. The first-order valence-corrected chi connectivity index (χ1v) is 11.9. The number of piperidine rings is 1. The van der Waals surface area contributed by atoms with Gasteiger partial charge in [0.05, 0.1) is 21.3 Å². The van der Waals surface area contributed by atoms with Crippen LogP contribution in [0.4, 0.5) is 10.8 Å². The Morgan fingerprint density at radius 3 is 2.57 bits per heavy atom. The Bertz CT molecular complexity index is 1050. The molecule has 1 saturated heterocycles. The Kier molecular flexibility index (Phi) is 6.29. The lowest BCUT2D eigenvalue weighted by Gasteiger charge is -2.31. The molecule has 2 heterocycles. The van der Waals surface area contributed by atoms with Crippen LogP contribution in [0.25, 0.3) is 10.2 Å². The third kappa shape index (κ3) is 4.62. The Morgan fingerprint density at radius 2 is 1.90 bits per heavy atom. The highest BCUT2D eigenvalue weighted by molar-refractivity contribution is 9.10. The molecule has 4 rings (SSSR count). The van der Waals surface area contributed by atoms with E-state index in [1.54, 1.807) is 11.3 Å². The zero-order valence-electron chi connectivity index (χ0n) is 17.5. The molecule has 1 aliphatic heterocycles. The summed E-state index contributed by atoms with van der Waals surface area (Å²) in [5.41, 5.74) is 4.19. The molecule has 1 N–H and O–H groups in total. The monoisotopic (exact) mass is 487 g/mol. The molecule has 0 saturated carbocycles. The molecule has 0 unspecified atom stereocenters. The first-order chi connectivity index (χ1) is 14.4. The van der Waals surface area contributed by atoms with Gasteiger partial charge in [-0.3, -0.25) is 4.79 Å². The average molecular weight is 488 g/mol. The van der Waals surface area contributed by atoms with E-state index in [-0.39, 0.29) is 11.8 Å². The summed E-state index contributed by atoms with van der Waals surface area (Å²) in [5.74, 6) is 1.01. The summed E-state index contributed by atoms with van der Waals surface area (Å²) in [6.07, 6.45) is 1.67. The van der Waals surface area contributed by atoms with E-state index in [1.165, 1.54) is 0 Å². The molecule has 1 fully saturated rings. The average Bonchev–Trinajstić information content (AvgIpc) is 3.10. The number of aryl methyl sites for hydroxylation is 2. The number of nitrogens with one attached hydrogen (secondary N) is 1. The molecule has 0 aliphatic carbocycles. The van der Waals surface area contributed by atoms with E-state index in [1.807, 2.05) is 31.2 Å². The number of carbonyl (C=O) groups excluding carboxylic acids is 1. The summed E-state index contributed by atoms with van der Waals surface area (Å²) < 4.78 is 7.72. The van der Waals surface area contributed by atoms with Crippen molar-refractivity contribution >= 4 is 54.2 Å². The zero-order chi connectivity index (χ0) is 21.3. The molecular formula is C23H26BrN3O2S. The number of fused-ring (bicyclic) bond motifs is 1. The Hall–Kier alpha value is -2.12. The van der Waals surface area contributed by atoms with Gasteiger partial charge in [-0.05, 0) is 78.9 Å². The van der Waals surface area contributed by atoms with Crippen LogP contribution in [0.15, 0.2) is 34.8 Å². The van der Waals surface area contributed by atoms with Crippen molar-refractivity contribution in [1.82, 2.24) is 4.98 Å². The van der Waals surface area contributed by atoms with Crippen LogP contribution in [0.5, 0.6) is 5.75 Å². The van der Waals surface area contributed by atoms with Crippen molar-refractivity contribution in [3.05, 3.63) is 45.9 Å². The SMILES string of the molecule is CCOc1cc2sc(N3CCC(C(=O)Nc4cc(C)cc(C)c4)CC3)nc2cc1Br.